The molecule has 3 rings (SSSR count). The third-order valence-corrected chi connectivity index (χ3v) is 5.45. The van der Waals surface area contributed by atoms with Crippen LogP contribution >= 0.6 is 0 Å². The van der Waals surface area contributed by atoms with Gasteiger partial charge >= 0.3 is 0 Å². The molecule has 1 unspecified atom stereocenters. The molecule has 1 aliphatic rings. The van der Waals surface area contributed by atoms with E-state index < -0.39 is 0 Å². The van der Waals surface area contributed by atoms with Gasteiger partial charge in [0.1, 0.15) is 11.6 Å². The molecule has 1 aromatic heterocycles. The number of benzene rings is 1. The van der Waals surface area contributed by atoms with Crippen LogP contribution in [0.5, 0.6) is 5.75 Å². The van der Waals surface area contributed by atoms with E-state index in [9.17, 15) is 0 Å². The number of rotatable bonds is 8. The van der Waals surface area contributed by atoms with Crippen LogP contribution in [-0.2, 0) is 13.0 Å². The quantitative estimate of drug-likeness (QED) is 0.714. The van der Waals surface area contributed by atoms with Crippen LogP contribution in [0.15, 0.2) is 24.3 Å². The summed E-state index contributed by atoms with van der Waals surface area (Å²) in [5.41, 5.74) is 1.21. The molecule has 1 aliphatic heterocycles. The number of nitrogens with zero attached hydrogens (tertiary/aromatic N) is 5. The molecule has 1 aromatic carbocycles. The lowest BCUT2D eigenvalue weighted by molar-refractivity contribution is 0.113. The highest BCUT2D eigenvalue weighted by molar-refractivity contribution is 5.28. The molecule has 0 aliphatic carbocycles. The lowest BCUT2D eigenvalue weighted by Gasteiger charge is -2.36. The van der Waals surface area contributed by atoms with Crippen molar-refractivity contribution in [3.05, 3.63) is 41.5 Å². The Morgan fingerprint density at radius 3 is 2.44 bits per heavy atom. The molecule has 148 valence electrons. The number of hydrogen-bond acceptors (Lipinski definition) is 5. The topological polar surface area (TPSA) is 46.4 Å². The summed E-state index contributed by atoms with van der Waals surface area (Å²) in [5.74, 6) is 2.90. The van der Waals surface area contributed by atoms with E-state index >= 15 is 0 Å². The van der Waals surface area contributed by atoms with Crippen molar-refractivity contribution in [3.63, 3.8) is 0 Å². The second-order valence-electron chi connectivity index (χ2n) is 7.50. The van der Waals surface area contributed by atoms with Gasteiger partial charge in [-0.25, -0.2) is 9.67 Å². The number of aryl methyl sites for hydroxylation is 1. The Balaban J connectivity index is 1.77. The Morgan fingerprint density at radius 2 is 1.81 bits per heavy atom. The molecular formula is C21H33N5O. The molecule has 0 radical (unpaired) electrons. The smallest absolute Gasteiger partial charge is 0.155 e. The minimum atomic E-state index is 0.299. The van der Waals surface area contributed by atoms with Crippen LogP contribution in [0.3, 0.4) is 0 Å². The minimum absolute atomic E-state index is 0.299. The zero-order chi connectivity index (χ0) is 19.2. The van der Waals surface area contributed by atoms with Crippen molar-refractivity contribution in [2.24, 2.45) is 0 Å². The summed E-state index contributed by atoms with van der Waals surface area (Å²) in [6.07, 6.45) is 3.05. The number of ether oxygens (including phenoxy) is 1. The Bertz CT molecular complexity index is 704. The van der Waals surface area contributed by atoms with Gasteiger partial charge in [-0.1, -0.05) is 25.5 Å². The molecule has 1 fully saturated rings. The molecule has 1 atom stereocenters. The molecule has 0 amide bonds. The van der Waals surface area contributed by atoms with E-state index in [0.717, 1.165) is 69.4 Å². The average molecular weight is 372 g/mol. The number of aromatic nitrogens is 3. The molecule has 2 heterocycles. The minimum Gasteiger partial charge on any atom is -0.497 e. The molecule has 0 spiro atoms. The van der Waals surface area contributed by atoms with Crippen LogP contribution in [0.1, 0.15) is 49.9 Å². The predicted molar refractivity (Wildman–Crippen MR) is 108 cm³/mol. The van der Waals surface area contributed by atoms with Crippen LogP contribution in [0, 0.1) is 0 Å². The highest BCUT2D eigenvalue weighted by atomic mass is 16.5. The van der Waals surface area contributed by atoms with Crippen LogP contribution in [0.2, 0.25) is 0 Å². The number of likely N-dealkylation sites (N-methyl/N-ethyl adjacent to an activating group) is 1. The van der Waals surface area contributed by atoms with E-state index in [1.807, 2.05) is 12.1 Å². The zero-order valence-electron chi connectivity index (χ0n) is 17.2. The van der Waals surface area contributed by atoms with Gasteiger partial charge in [0.25, 0.3) is 0 Å². The van der Waals surface area contributed by atoms with Crippen molar-refractivity contribution < 1.29 is 4.74 Å². The third-order valence-electron chi connectivity index (χ3n) is 5.45. The second-order valence-corrected chi connectivity index (χ2v) is 7.50. The largest absolute Gasteiger partial charge is 0.497 e. The van der Waals surface area contributed by atoms with Crippen LogP contribution in [-0.4, -0.2) is 64.9 Å². The van der Waals surface area contributed by atoms with Gasteiger partial charge in [0.05, 0.1) is 13.2 Å². The standard InChI is InChI=1S/C21H33N5O/c1-5-6-11-26-21(17(2)25-14-12-24(3)13-15-25)22-20(23-26)16-18-7-9-19(27-4)10-8-18/h7-10,17H,5-6,11-16H2,1-4H3. The Hall–Kier alpha value is -1.92. The summed E-state index contributed by atoms with van der Waals surface area (Å²) in [4.78, 5) is 9.88. The first-order chi connectivity index (χ1) is 13.1. The van der Waals surface area contributed by atoms with Crippen LogP contribution < -0.4 is 4.74 Å². The molecule has 6 nitrogen and oxygen atoms in total. The van der Waals surface area contributed by atoms with E-state index in [1.54, 1.807) is 7.11 Å². The number of piperazine rings is 1. The van der Waals surface area contributed by atoms with Crippen LogP contribution in [0.4, 0.5) is 0 Å². The highest BCUT2D eigenvalue weighted by Crippen LogP contribution is 2.22. The zero-order valence-corrected chi connectivity index (χ0v) is 17.2. The third kappa shape index (κ3) is 5.08. The monoisotopic (exact) mass is 371 g/mol. The Kier molecular flexibility index (Phi) is 6.85. The van der Waals surface area contributed by atoms with Gasteiger partial charge < -0.3 is 9.64 Å². The van der Waals surface area contributed by atoms with Gasteiger partial charge in [0.2, 0.25) is 0 Å². The summed E-state index contributed by atoms with van der Waals surface area (Å²) in [5, 5.41) is 4.85. The Morgan fingerprint density at radius 1 is 1.11 bits per heavy atom. The van der Waals surface area contributed by atoms with E-state index in [1.165, 1.54) is 5.56 Å². The molecule has 1 saturated heterocycles. The second kappa shape index (κ2) is 9.33. The first-order valence-electron chi connectivity index (χ1n) is 10.1. The fourth-order valence-corrected chi connectivity index (χ4v) is 3.56. The van der Waals surface area contributed by atoms with E-state index in [2.05, 4.69) is 47.5 Å². The molecule has 6 heteroatoms. The summed E-state index contributed by atoms with van der Waals surface area (Å²) >= 11 is 0. The molecular weight excluding hydrogens is 338 g/mol. The maximum atomic E-state index is 5.25. The van der Waals surface area contributed by atoms with E-state index in [-0.39, 0.29) is 0 Å². The fourth-order valence-electron chi connectivity index (χ4n) is 3.56. The van der Waals surface area contributed by atoms with Crippen molar-refractivity contribution in [3.8, 4) is 5.75 Å². The van der Waals surface area contributed by atoms with Crippen molar-refractivity contribution >= 4 is 0 Å². The van der Waals surface area contributed by atoms with Gasteiger partial charge in [0, 0.05) is 39.1 Å². The maximum absolute atomic E-state index is 5.25. The van der Waals surface area contributed by atoms with Crippen molar-refractivity contribution in [2.75, 3.05) is 40.3 Å². The summed E-state index contributed by atoms with van der Waals surface area (Å²) in [6, 6.07) is 8.48. The molecule has 27 heavy (non-hydrogen) atoms. The van der Waals surface area contributed by atoms with Crippen molar-refractivity contribution in [2.45, 2.75) is 45.7 Å². The molecule has 0 saturated carbocycles. The lowest BCUT2D eigenvalue weighted by atomic mass is 10.1. The normalized spacial score (nSPS) is 17.2. The summed E-state index contributed by atoms with van der Waals surface area (Å²) in [6.45, 7) is 9.85. The van der Waals surface area contributed by atoms with E-state index in [0.29, 0.717) is 6.04 Å². The highest BCUT2D eigenvalue weighted by Gasteiger charge is 2.25. The van der Waals surface area contributed by atoms with Crippen molar-refractivity contribution in [1.29, 1.82) is 0 Å². The number of hydrogen-bond donors (Lipinski definition) is 0. The number of methoxy groups -OCH3 is 1. The molecule has 2 aromatic rings. The fraction of sp³-hybridized carbons (Fsp3) is 0.619. The predicted octanol–water partition coefficient (Wildman–Crippen LogP) is 2.99. The average Bonchev–Trinajstić information content (AvgIpc) is 3.09. The molecule has 0 N–H and O–H groups in total. The first kappa shape index (κ1) is 19.8. The number of unbranched alkanes of at least 4 members (excludes halogenated alkanes) is 1. The van der Waals surface area contributed by atoms with E-state index in [4.69, 9.17) is 14.8 Å². The summed E-state index contributed by atoms with van der Waals surface area (Å²) in [7, 11) is 3.89. The van der Waals surface area contributed by atoms with Gasteiger partial charge in [-0.15, -0.1) is 0 Å². The van der Waals surface area contributed by atoms with Gasteiger partial charge in [-0.05, 0) is 38.1 Å². The van der Waals surface area contributed by atoms with Gasteiger partial charge in [0.15, 0.2) is 5.82 Å². The lowest BCUT2D eigenvalue weighted by Crippen LogP contribution is -2.45. The maximum Gasteiger partial charge on any atom is 0.155 e. The SMILES string of the molecule is CCCCn1nc(Cc2ccc(OC)cc2)nc1C(C)N1CCN(C)CC1. The van der Waals surface area contributed by atoms with Gasteiger partial charge in [-0.3, -0.25) is 4.90 Å². The summed E-state index contributed by atoms with van der Waals surface area (Å²) < 4.78 is 7.39. The molecule has 0 bridgehead atoms. The first-order valence-corrected chi connectivity index (χ1v) is 10.1. The van der Waals surface area contributed by atoms with Crippen LogP contribution in [0.25, 0.3) is 0 Å². The van der Waals surface area contributed by atoms with Crippen molar-refractivity contribution in [1.82, 2.24) is 24.6 Å². The Labute approximate surface area is 163 Å². The van der Waals surface area contributed by atoms with Gasteiger partial charge in [-0.2, -0.15) is 5.10 Å².